The molecule has 0 aliphatic carbocycles. The summed E-state index contributed by atoms with van der Waals surface area (Å²) >= 11 is 0. The molecule has 2 rings (SSSR count). The number of benzene rings is 1. The molecule has 0 aliphatic rings. The summed E-state index contributed by atoms with van der Waals surface area (Å²) in [7, 11) is 1.71. The Labute approximate surface area is 118 Å². The maximum absolute atomic E-state index is 12.0. The van der Waals surface area contributed by atoms with Crippen molar-refractivity contribution < 1.29 is 4.79 Å². The van der Waals surface area contributed by atoms with Gasteiger partial charge in [0.15, 0.2) is 0 Å². The zero-order valence-electron chi connectivity index (χ0n) is 11.8. The Kier molecular flexibility index (Phi) is 4.40. The summed E-state index contributed by atoms with van der Waals surface area (Å²) in [5.74, 6) is 0.622. The van der Waals surface area contributed by atoms with Gasteiger partial charge in [0, 0.05) is 13.6 Å². The number of nitrogens with zero attached hydrogens (tertiary/aromatic N) is 2. The van der Waals surface area contributed by atoms with Crippen LogP contribution < -0.4 is 11.1 Å². The topological polar surface area (TPSA) is 72.9 Å². The molecular formula is C15H20N4O. The molecule has 0 fully saturated rings. The first-order valence-corrected chi connectivity index (χ1v) is 6.70. The lowest BCUT2D eigenvalue weighted by molar-refractivity contribution is 0.0953. The van der Waals surface area contributed by atoms with Crippen molar-refractivity contribution in [2.45, 2.75) is 19.3 Å². The van der Waals surface area contributed by atoms with Crippen molar-refractivity contribution in [1.82, 2.24) is 15.1 Å². The molecule has 1 heterocycles. The van der Waals surface area contributed by atoms with Crippen molar-refractivity contribution in [2.24, 2.45) is 7.05 Å². The van der Waals surface area contributed by atoms with Gasteiger partial charge in [0.05, 0.1) is 6.20 Å². The van der Waals surface area contributed by atoms with Gasteiger partial charge >= 0.3 is 0 Å². The zero-order valence-corrected chi connectivity index (χ0v) is 11.8. The van der Waals surface area contributed by atoms with E-state index in [1.165, 1.54) is 16.4 Å². The van der Waals surface area contributed by atoms with Gasteiger partial charge in [-0.05, 0) is 17.9 Å². The predicted molar refractivity (Wildman–Crippen MR) is 79.4 cm³/mol. The smallest absolute Gasteiger partial charge is 0.256 e. The first-order chi connectivity index (χ1) is 9.59. The molecule has 5 nitrogen and oxygen atoms in total. The number of carbonyl (C=O) groups is 1. The average molecular weight is 272 g/mol. The summed E-state index contributed by atoms with van der Waals surface area (Å²) < 4.78 is 1.49. The summed E-state index contributed by atoms with van der Waals surface area (Å²) in [4.78, 5) is 12.0. The van der Waals surface area contributed by atoms with Gasteiger partial charge in [0.25, 0.3) is 5.91 Å². The third-order valence-electron chi connectivity index (χ3n) is 3.46. The van der Waals surface area contributed by atoms with Crippen molar-refractivity contribution in [3.8, 4) is 0 Å². The largest absolute Gasteiger partial charge is 0.383 e. The molecule has 0 saturated carbocycles. The van der Waals surface area contributed by atoms with E-state index in [9.17, 15) is 4.79 Å². The second-order valence-electron chi connectivity index (χ2n) is 4.92. The third-order valence-corrected chi connectivity index (χ3v) is 3.46. The molecule has 0 radical (unpaired) electrons. The quantitative estimate of drug-likeness (QED) is 0.873. The number of amides is 1. The molecule has 1 aromatic heterocycles. The first-order valence-electron chi connectivity index (χ1n) is 6.70. The maximum atomic E-state index is 12.0. The van der Waals surface area contributed by atoms with Gasteiger partial charge in [-0.1, -0.05) is 37.3 Å². The molecule has 20 heavy (non-hydrogen) atoms. The van der Waals surface area contributed by atoms with Gasteiger partial charge in [0.1, 0.15) is 11.4 Å². The SMILES string of the molecule is CC(CCNC(=O)c1cnn(C)c1N)c1ccccc1. The Morgan fingerprint density at radius 3 is 2.70 bits per heavy atom. The summed E-state index contributed by atoms with van der Waals surface area (Å²) in [6, 6.07) is 10.3. The van der Waals surface area contributed by atoms with Gasteiger partial charge in [-0.15, -0.1) is 0 Å². The van der Waals surface area contributed by atoms with Gasteiger partial charge in [-0.2, -0.15) is 5.10 Å². The lowest BCUT2D eigenvalue weighted by Crippen LogP contribution is -2.26. The van der Waals surface area contributed by atoms with Crippen LogP contribution in [0.5, 0.6) is 0 Å². The number of nitrogens with two attached hydrogens (primary N) is 1. The number of rotatable bonds is 5. The van der Waals surface area contributed by atoms with Gasteiger partial charge in [-0.3, -0.25) is 9.48 Å². The van der Waals surface area contributed by atoms with Crippen LogP contribution in [0.2, 0.25) is 0 Å². The van der Waals surface area contributed by atoms with Crippen molar-refractivity contribution >= 4 is 11.7 Å². The normalized spacial score (nSPS) is 12.1. The van der Waals surface area contributed by atoms with Crippen LogP contribution in [-0.2, 0) is 7.05 Å². The van der Waals surface area contributed by atoms with E-state index in [1.807, 2.05) is 18.2 Å². The molecule has 106 valence electrons. The minimum atomic E-state index is -0.170. The zero-order chi connectivity index (χ0) is 14.5. The summed E-state index contributed by atoms with van der Waals surface area (Å²) in [6.45, 7) is 2.77. The van der Waals surface area contributed by atoms with Crippen molar-refractivity contribution in [1.29, 1.82) is 0 Å². The Morgan fingerprint density at radius 2 is 2.10 bits per heavy atom. The van der Waals surface area contributed by atoms with Gasteiger partial charge in [0.2, 0.25) is 0 Å². The lowest BCUT2D eigenvalue weighted by atomic mass is 9.98. The molecule has 3 N–H and O–H groups in total. The minimum absolute atomic E-state index is 0.170. The Bertz CT molecular complexity index is 577. The second kappa shape index (κ2) is 6.23. The number of anilines is 1. The highest BCUT2D eigenvalue weighted by molar-refractivity contribution is 5.98. The van der Waals surface area contributed by atoms with Crippen molar-refractivity contribution in [2.75, 3.05) is 12.3 Å². The van der Waals surface area contributed by atoms with Crippen LogP contribution in [0, 0.1) is 0 Å². The standard InChI is InChI=1S/C15H20N4O/c1-11(12-6-4-3-5-7-12)8-9-17-15(20)13-10-18-19(2)14(13)16/h3-7,10-11H,8-9,16H2,1-2H3,(H,17,20). The van der Waals surface area contributed by atoms with Crippen LogP contribution in [0.4, 0.5) is 5.82 Å². The van der Waals surface area contributed by atoms with Crippen LogP contribution in [-0.4, -0.2) is 22.2 Å². The van der Waals surface area contributed by atoms with Crippen molar-refractivity contribution in [3.05, 3.63) is 47.7 Å². The average Bonchev–Trinajstić information content (AvgIpc) is 2.80. The van der Waals surface area contributed by atoms with E-state index >= 15 is 0 Å². The lowest BCUT2D eigenvalue weighted by Gasteiger charge is -2.12. The Morgan fingerprint density at radius 1 is 1.40 bits per heavy atom. The molecule has 1 aromatic carbocycles. The molecule has 1 amide bonds. The van der Waals surface area contributed by atoms with Gasteiger partial charge < -0.3 is 11.1 Å². The number of nitrogen functional groups attached to an aromatic ring is 1. The summed E-state index contributed by atoms with van der Waals surface area (Å²) in [5, 5.41) is 6.84. The highest BCUT2D eigenvalue weighted by Gasteiger charge is 2.13. The van der Waals surface area contributed by atoms with E-state index < -0.39 is 0 Å². The first kappa shape index (κ1) is 14.1. The number of carbonyl (C=O) groups excluding carboxylic acids is 1. The predicted octanol–water partition coefficient (Wildman–Crippen LogP) is 1.93. The molecule has 0 spiro atoms. The van der Waals surface area contributed by atoms with Crippen LogP contribution >= 0.6 is 0 Å². The molecule has 1 atom stereocenters. The third kappa shape index (κ3) is 3.17. The van der Waals surface area contributed by atoms with Gasteiger partial charge in [-0.25, -0.2) is 0 Å². The fourth-order valence-electron chi connectivity index (χ4n) is 2.07. The van der Waals surface area contributed by atoms with Crippen molar-refractivity contribution in [3.63, 3.8) is 0 Å². The summed E-state index contributed by atoms with van der Waals surface area (Å²) in [5.41, 5.74) is 7.48. The van der Waals surface area contributed by atoms with Crippen LogP contribution in [0.3, 0.4) is 0 Å². The van der Waals surface area contributed by atoms with E-state index in [0.717, 1.165) is 6.42 Å². The second-order valence-corrected chi connectivity index (χ2v) is 4.92. The molecule has 0 saturated heterocycles. The fourth-order valence-corrected chi connectivity index (χ4v) is 2.07. The Hall–Kier alpha value is -2.30. The fraction of sp³-hybridized carbons (Fsp3) is 0.333. The molecule has 5 heteroatoms. The molecular weight excluding hydrogens is 252 g/mol. The maximum Gasteiger partial charge on any atom is 0.256 e. The highest BCUT2D eigenvalue weighted by atomic mass is 16.1. The molecule has 2 aromatic rings. The highest BCUT2D eigenvalue weighted by Crippen LogP contribution is 2.17. The van der Waals surface area contributed by atoms with Crippen LogP contribution in [0.25, 0.3) is 0 Å². The molecule has 1 unspecified atom stereocenters. The van der Waals surface area contributed by atoms with E-state index in [-0.39, 0.29) is 5.91 Å². The van der Waals surface area contributed by atoms with E-state index in [1.54, 1.807) is 7.05 Å². The number of hydrogen-bond acceptors (Lipinski definition) is 3. The number of aromatic nitrogens is 2. The van der Waals surface area contributed by atoms with E-state index in [4.69, 9.17) is 5.73 Å². The monoisotopic (exact) mass is 272 g/mol. The van der Waals surface area contributed by atoms with E-state index in [2.05, 4.69) is 29.5 Å². The minimum Gasteiger partial charge on any atom is -0.383 e. The summed E-state index contributed by atoms with van der Waals surface area (Å²) in [6.07, 6.45) is 2.38. The van der Waals surface area contributed by atoms with Crippen LogP contribution in [0.1, 0.15) is 35.2 Å². The number of nitrogens with one attached hydrogen (secondary N) is 1. The molecule has 0 aliphatic heterocycles. The Balaban J connectivity index is 1.84. The number of hydrogen-bond donors (Lipinski definition) is 2. The number of aryl methyl sites for hydroxylation is 1. The molecule has 0 bridgehead atoms. The van der Waals surface area contributed by atoms with E-state index in [0.29, 0.717) is 23.8 Å². The van der Waals surface area contributed by atoms with Crippen LogP contribution in [0.15, 0.2) is 36.5 Å².